The summed E-state index contributed by atoms with van der Waals surface area (Å²) in [5.41, 5.74) is 0. The van der Waals surface area contributed by atoms with E-state index < -0.39 is 19.2 Å². The number of rotatable bonds is 4. The molecule has 1 unspecified atom stereocenters. The van der Waals surface area contributed by atoms with Gasteiger partial charge in [-0.25, -0.2) is 0 Å². The molecular formula is C12H23O5P. The second kappa shape index (κ2) is 4.88. The first-order valence-electron chi connectivity index (χ1n) is 6.30. The van der Waals surface area contributed by atoms with E-state index >= 15 is 0 Å². The van der Waals surface area contributed by atoms with E-state index in [9.17, 15) is 4.57 Å². The van der Waals surface area contributed by atoms with E-state index in [0.717, 1.165) is 0 Å². The van der Waals surface area contributed by atoms with Crippen LogP contribution >= 0.6 is 7.14 Å². The molecule has 2 aliphatic heterocycles. The monoisotopic (exact) mass is 278 g/mol. The third-order valence-corrected chi connectivity index (χ3v) is 4.63. The summed E-state index contributed by atoms with van der Waals surface area (Å²) in [7, 11) is -0.432. The van der Waals surface area contributed by atoms with E-state index in [1.807, 2.05) is 13.8 Å². The van der Waals surface area contributed by atoms with Crippen molar-refractivity contribution in [2.24, 2.45) is 0 Å². The fraction of sp³-hybridized carbons (Fsp3) is 1.00. The van der Waals surface area contributed by atoms with E-state index in [0.29, 0.717) is 12.6 Å². The van der Waals surface area contributed by atoms with Gasteiger partial charge in [0.1, 0.15) is 12.2 Å². The standard InChI is InChI=1S/C12H23O5P/c1-12(2)16-9-8(6-7-18(4,5)13)15-11(14-3)10(9)17-12/h8-11H,6-7H2,1-5H3/t8-,9?,10+,11-/m1/s1. The van der Waals surface area contributed by atoms with Crippen molar-refractivity contribution in [3.63, 3.8) is 0 Å². The fourth-order valence-electron chi connectivity index (χ4n) is 2.50. The maximum atomic E-state index is 11.8. The van der Waals surface area contributed by atoms with E-state index in [1.54, 1.807) is 20.4 Å². The topological polar surface area (TPSA) is 54.0 Å². The van der Waals surface area contributed by atoms with Crippen molar-refractivity contribution < 1.29 is 23.5 Å². The van der Waals surface area contributed by atoms with Gasteiger partial charge in [-0.05, 0) is 33.6 Å². The molecule has 0 amide bonds. The Kier molecular flexibility index (Phi) is 3.92. The van der Waals surface area contributed by atoms with Crippen LogP contribution in [0, 0.1) is 0 Å². The van der Waals surface area contributed by atoms with Crippen molar-refractivity contribution in [1.82, 2.24) is 0 Å². The Morgan fingerprint density at radius 1 is 1.22 bits per heavy atom. The first-order chi connectivity index (χ1) is 8.22. The average molecular weight is 278 g/mol. The predicted molar refractivity (Wildman–Crippen MR) is 68.4 cm³/mol. The highest BCUT2D eigenvalue weighted by molar-refractivity contribution is 7.62. The molecule has 2 aliphatic rings. The molecule has 2 heterocycles. The second-order valence-corrected chi connectivity index (χ2v) is 9.52. The maximum Gasteiger partial charge on any atom is 0.186 e. The van der Waals surface area contributed by atoms with Crippen molar-refractivity contribution in [3.8, 4) is 0 Å². The number of methoxy groups -OCH3 is 1. The van der Waals surface area contributed by atoms with Crippen LogP contribution in [0.15, 0.2) is 0 Å². The van der Waals surface area contributed by atoms with Gasteiger partial charge in [0.2, 0.25) is 0 Å². The Labute approximate surface area is 108 Å². The minimum Gasteiger partial charge on any atom is -0.353 e. The molecular weight excluding hydrogens is 255 g/mol. The molecule has 0 radical (unpaired) electrons. The molecule has 0 aromatic carbocycles. The van der Waals surface area contributed by atoms with Gasteiger partial charge in [0.15, 0.2) is 12.1 Å². The summed E-state index contributed by atoms with van der Waals surface area (Å²) in [4.78, 5) is 0. The lowest BCUT2D eigenvalue weighted by Crippen LogP contribution is -2.30. The van der Waals surface area contributed by atoms with Crippen LogP contribution in [-0.2, 0) is 23.5 Å². The van der Waals surface area contributed by atoms with Crippen LogP contribution in [0.2, 0.25) is 0 Å². The molecule has 106 valence electrons. The molecule has 0 spiro atoms. The van der Waals surface area contributed by atoms with Gasteiger partial charge in [-0.15, -0.1) is 0 Å². The zero-order chi connectivity index (χ0) is 13.6. The summed E-state index contributed by atoms with van der Waals surface area (Å²) in [6, 6.07) is 0. The lowest BCUT2D eigenvalue weighted by atomic mass is 10.1. The Balaban J connectivity index is 2.02. The van der Waals surface area contributed by atoms with E-state index in [1.165, 1.54) is 0 Å². The first-order valence-corrected chi connectivity index (χ1v) is 9.08. The number of hydrogen-bond acceptors (Lipinski definition) is 5. The zero-order valence-corrected chi connectivity index (χ0v) is 12.6. The van der Waals surface area contributed by atoms with Crippen LogP contribution in [0.25, 0.3) is 0 Å². The van der Waals surface area contributed by atoms with Crippen molar-refractivity contribution >= 4 is 7.14 Å². The Bertz CT molecular complexity index is 350. The highest BCUT2D eigenvalue weighted by atomic mass is 31.2. The first kappa shape index (κ1) is 14.5. The lowest BCUT2D eigenvalue weighted by Gasteiger charge is -2.23. The van der Waals surface area contributed by atoms with Crippen LogP contribution in [0.4, 0.5) is 0 Å². The summed E-state index contributed by atoms with van der Waals surface area (Å²) >= 11 is 0. The molecule has 4 atom stereocenters. The van der Waals surface area contributed by atoms with Crippen LogP contribution < -0.4 is 0 Å². The minimum absolute atomic E-state index is 0.102. The summed E-state index contributed by atoms with van der Waals surface area (Å²) in [6.45, 7) is 7.37. The predicted octanol–water partition coefficient (Wildman–Crippen LogP) is 1.89. The van der Waals surface area contributed by atoms with Crippen molar-refractivity contribution in [2.45, 2.75) is 50.7 Å². The maximum absolute atomic E-state index is 11.8. The quantitative estimate of drug-likeness (QED) is 0.735. The van der Waals surface area contributed by atoms with Gasteiger partial charge >= 0.3 is 0 Å². The van der Waals surface area contributed by atoms with Crippen molar-refractivity contribution in [3.05, 3.63) is 0 Å². The van der Waals surface area contributed by atoms with Crippen LogP contribution in [0.3, 0.4) is 0 Å². The van der Waals surface area contributed by atoms with Gasteiger partial charge in [0.05, 0.1) is 13.2 Å². The Hall–Kier alpha value is 0.0700. The third kappa shape index (κ3) is 3.14. The number of fused-ring (bicyclic) bond motifs is 1. The third-order valence-electron chi connectivity index (χ3n) is 3.29. The summed E-state index contributed by atoms with van der Waals surface area (Å²) in [5.74, 6) is -0.601. The molecule has 5 nitrogen and oxygen atoms in total. The van der Waals surface area contributed by atoms with E-state index in [2.05, 4.69) is 0 Å². The van der Waals surface area contributed by atoms with Gasteiger partial charge in [0.25, 0.3) is 0 Å². The average Bonchev–Trinajstić information content (AvgIpc) is 2.67. The summed E-state index contributed by atoms with van der Waals surface area (Å²) in [5, 5.41) is 0. The minimum atomic E-state index is -2.03. The molecule has 0 N–H and O–H groups in total. The van der Waals surface area contributed by atoms with E-state index in [4.69, 9.17) is 18.9 Å². The van der Waals surface area contributed by atoms with Crippen LogP contribution in [-0.4, -0.2) is 57.0 Å². The molecule has 0 aromatic heterocycles. The highest BCUT2D eigenvalue weighted by Gasteiger charge is 2.55. The number of hydrogen-bond donors (Lipinski definition) is 0. The van der Waals surface area contributed by atoms with E-state index in [-0.39, 0.29) is 18.3 Å². The molecule has 18 heavy (non-hydrogen) atoms. The van der Waals surface area contributed by atoms with Gasteiger partial charge in [-0.1, -0.05) is 0 Å². The van der Waals surface area contributed by atoms with Gasteiger partial charge < -0.3 is 23.5 Å². The summed E-state index contributed by atoms with van der Waals surface area (Å²) < 4.78 is 34.5. The Morgan fingerprint density at radius 3 is 2.39 bits per heavy atom. The molecule has 0 aromatic rings. The SMILES string of the molecule is CO[C@@H]1O[C@H](CCP(C)(C)=O)C2OC(C)(C)O[C@@H]21. The molecule has 2 rings (SSSR count). The smallest absolute Gasteiger partial charge is 0.186 e. The van der Waals surface area contributed by atoms with Crippen molar-refractivity contribution in [1.29, 1.82) is 0 Å². The van der Waals surface area contributed by atoms with Gasteiger partial charge in [-0.3, -0.25) is 0 Å². The molecule has 6 heteroatoms. The fourth-order valence-corrected chi connectivity index (χ4v) is 3.38. The molecule has 0 bridgehead atoms. The zero-order valence-electron chi connectivity index (χ0n) is 11.7. The molecule has 0 aliphatic carbocycles. The lowest BCUT2D eigenvalue weighted by molar-refractivity contribution is -0.227. The van der Waals surface area contributed by atoms with Crippen molar-refractivity contribution in [2.75, 3.05) is 26.6 Å². The highest BCUT2D eigenvalue weighted by Crippen LogP contribution is 2.43. The largest absolute Gasteiger partial charge is 0.353 e. The number of ether oxygens (including phenoxy) is 4. The van der Waals surface area contributed by atoms with Gasteiger partial charge in [0, 0.05) is 13.3 Å². The normalized spacial score (nSPS) is 38.9. The molecule has 2 saturated heterocycles. The van der Waals surface area contributed by atoms with Crippen LogP contribution in [0.5, 0.6) is 0 Å². The van der Waals surface area contributed by atoms with Gasteiger partial charge in [-0.2, -0.15) is 0 Å². The van der Waals surface area contributed by atoms with Crippen LogP contribution in [0.1, 0.15) is 20.3 Å². The molecule has 0 saturated carbocycles. The summed E-state index contributed by atoms with van der Waals surface area (Å²) in [6.07, 6.45) is 0.552. The second-order valence-electron chi connectivity index (χ2n) is 5.93. The Morgan fingerprint density at radius 2 is 1.83 bits per heavy atom. The molecule has 2 fully saturated rings.